The molecule has 5 nitrogen and oxygen atoms in total. The predicted molar refractivity (Wildman–Crippen MR) is 101 cm³/mol. The molecule has 3 rings (SSSR count). The molecule has 134 valence electrons. The quantitative estimate of drug-likeness (QED) is 0.749. The highest BCUT2D eigenvalue weighted by molar-refractivity contribution is 7.11. The molecule has 2 heterocycles. The summed E-state index contributed by atoms with van der Waals surface area (Å²) in [5.74, 6) is 0.0835. The Balaban J connectivity index is 1.91. The molecular weight excluding hydrogens is 358 g/mol. The van der Waals surface area contributed by atoms with Crippen LogP contribution in [-0.4, -0.2) is 48.1 Å². The van der Waals surface area contributed by atoms with Crippen LogP contribution in [0.1, 0.15) is 22.3 Å². The third kappa shape index (κ3) is 4.58. The van der Waals surface area contributed by atoms with Crippen LogP contribution in [0.15, 0.2) is 29.3 Å². The number of aromatic nitrogens is 1. The van der Waals surface area contributed by atoms with E-state index in [2.05, 4.69) is 9.47 Å². The fourth-order valence-electron chi connectivity index (χ4n) is 2.85. The highest BCUT2D eigenvalue weighted by Crippen LogP contribution is 2.18. The van der Waals surface area contributed by atoms with Crippen molar-refractivity contribution >= 4 is 34.4 Å². The van der Waals surface area contributed by atoms with Gasteiger partial charge >= 0.3 is 0 Å². The number of ketones is 1. The van der Waals surface area contributed by atoms with Crippen molar-refractivity contribution < 1.29 is 9.53 Å². The summed E-state index contributed by atoms with van der Waals surface area (Å²) >= 11 is 7.40. The summed E-state index contributed by atoms with van der Waals surface area (Å²) in [6, 6.07) is 7.42. The standard InChI is InChI=1S/C18H22ClN3O2S/c1-13-17(14(2)23)25-18(20-16-5-3-15(19)4-6-16)22(13)8-7-21-9-11-24-12-10-21/h3-6H,7-12H2,1-2H3. The van der Waals surface area contributed by atoms with E-state index in [1.54, 1.807) is 6.92 Å². The molecule has 0 amide bonds. The molecule has 0 bridgehead atoms. The van der Waals surface area contributed by atoms with E-state index >= 15 is 0 Å². The summed E-state index contributed by atoms with van der Waals surface area (Å²) in [5.41, 5.74) is 1.82. The van der Waals surface area contributed by atoms with E-state index in [9.17, 15) is 4.79 Å². The number of Topliss-reactive ketones (excluding diaryl/α,β-unsaturated/α-hetero) is 1. The monoisotopic (exact) mass is 379 g/mol. The van der Waals surface area contributed by atoms with Crippen LogP contribution in [0, 0.1) is 6.92 Å². The Morgan fingerprint density at radius 3 is 2.56 bits per heavy atom. The van der Waals surface area contributed by atoms with Gasteiger partial charge < -0.3 is 9.30 Å². The number of halogens is 1. The molecule has 0 atom stereocenters. The van der Waals surface area contributed by atoms with Crippen molar-refractivity contribution in [2.45, 2.75) is 20.4 Å². The van der Waals surface area contributed by atoms with Gasteiger partial charge in [0, 0.05) is 43.8 Å². The van der Waals surface area contributed by atoms with Gasteiger partial charge in [-0.05, 0) is 31.2 Å². The minimum absolute atomic E-state index is 0.0835. The van der Waals surface area contributed by atoms with Gasteiger partial charge in [0.05, 0.1) is 23.8 Å². The molecule has 0 N–H and O–H groups in total. The topological polar surface area (TPSA) is 46.8 Å². The molecule has 25 heavy (non-hydrogen) atoms. The SMILES string of the molecule is CC(=O)c1sc(=Nc2ccc(Cl)cc2)n(CCN2CCOCC2)c1C. The smallest absolute Gasteiger partial charge is 0.190 e. The van der Waals surface area contributed by atoms with E-state index in [0.29, 0.717) is 5.02 Å². The van der Waals surface area contributed by atoms with E-state index in [1.807, 2.05) is 31.2 Å². The van der Waals surface area contributed by atoms with Gasteiger partial charge in [0.15, 0.2) is 10.6 Å². The van der Waals surface area contributed by atoms with Crippen LogP contribution < -0.4 is 4.80 Å². The second-order valence-corrected chi connectivity index (χ2v) is 7.46. The molecule has 2 aromatic rings. The summed E-state index contributed by atoms with van der Waals surface area (Å²) in [6.45, 7) is 8.81. The van der Waals surface area contributed by atoms with E-state index < -0.39 is 0 Å². The summed E-state index contributed by atoms with van der Waals surface area (Å²) in [6.07, 6.45) is 0. The minimum atomic E-state index is 0.0835. The Morgan fingerprint density at radius 1 is 1.24 bits per heavy atom. The summed E-state index contributed by atoms with van der Waals surface area (Å²) in [5, 5.41) is 0.686. The van der Waals surface area contributed by atoms with Gasteiger partial charge in [-0.2, -0.15) is 0 Å². The van der Waals surface area contributed by atoms with Gasteiger partial charge in [-0.3, -0.25) is 9.69 Å². The van der Waals surface area contributed by atoms with E-state index in [4.69, 9.17) is 21.3 Å². The molecule has 1 aromatic carbocycles. The molecule has 1 aromatic heterocycles. The largest absolute Gasteiger partial charge is 0.379 e. The highest BCUT2D eigenvalue weighted by atomic mass is 35.5. The van der Waals surface area contributed by atoms with Gasteiger partial charge in [0.1, 0.15) is 0 Å². The lowest BCUT2D eigenvalue weighted by atomic mass is 10.3. The second-order valence-electron chi connectivity index (χ2n) is 6.05. The van der Waals surface area contributed by atoms with Gasteiger partial charge in [0.2, 0.25) is 0 Å². The number of carbonyl (C=O) groups is 1. The van der Waals surface area contributed by atoms with Crippen LogP contribution in [0.4, 0.5) is 5.69 Å². The van der Waals surface area contributed by atoms with Crippen LogP contribution in [0.2, 0.25) is 5.02 Å². The fraction of sp³-hybridized carbons (Fsp3) is 0.444. The van der Waals surface area contributed by atoms with Crippen molar-refractivity contribution in [2.75, 3.05) is 32.8 Å². The summed E-state index contributed by atoms with van der Waals surface area (Å²) < 4.78 is 7.55. The molecule has 7 heteroatoms. The van der Waals surface area contributed by atoms with Crippen LogP contribution >= 0.6 is 22.9 Å². The lowest BCUT2D eigenvalue weighted by Gasteiger charge is -2.26. The Labute approximate surface area is 156 Å². The van der Waals surface area contributed by atoms with Crippen molar-refractivity contribution in [1.82, 2.24) is 9.47 Å². The van der Waals surface area contributed by atoms with Gasteiger partial charge in [-0.25, -0.2) is 4.99 Å². The van der Waals surface area contributed by atoms with Crippen molar-refractivity contribution in [3.63, 3.8) is 0 Å². The molecule has 1 aliphatic rings. The summed E-state index contributed by atoms with van der Waals surface area (Å²) in [4.78, 5) is 20.7. The average Bonchev–Trinajstić information content (AvgIpc) is 2.92. The Morgan fingerprint density at radius 2 is 1.92 bits per heavy atom. The van der Waals surface area contributed by atoms with Gasteiger partial charge in [-0.1, -0.05) is 22.9 Å². The molecule has 1 saturated heterocycles. The number of hydrogen-bond acceptors (Lipinski definition) is 5. The third-order valence-corrected chi connectivity index (χ3v) is 5.81. The van der Waals surface area contributed by atoms with E-state index in [1.165, 1.54) is 11.3 Å². The lowest BCUT2D eigenvalue weighted by molar-refractivity contribution is 0.0362. The highest BCUT2D eigenvalue weighted by Gasteiger charge is 2.15. The first-order chi connectivity index (χ1) is 12.0. The van der Waals surface area contributed by atoms with Crippen LogP contribution in [-0.2, 0) is 11.3 Å². The first-order valence-corrected chi connectivity index (χ1v) is 9.55. The lowest BCUT2D eigenvalue weighted by Crippen LogP contribution is -2.39. The maximum absolute atomic E-state index is 11.9. The van der Waals surface area contributed by atoms with E-state index in [0.717, 1.165) is 60.5 Å². The number of thiazole rings is 1. The van der Waals surface area contributed by atoms with Crippen molar-refractivity contribution in [3.05, 3.63) is 44.7 Å². The van der Waals surface area contributed by atoms with Gasteiger partial charge in [-0.15, -0.1) is 0 Å². The Kier molecular flexibility index (Phi) is 6.06. The average molecular weight is 380 g/mol. The Bertz CT molecular complexity index is 805. The molecule has 0 unspecified atom stereocenters. The zero-order chi connectivity index (χ0) is 17.8. The summed E-state index contributed by atoms with van der Waals surface area (Å²) in [7, 11) is 0. The number of ether oxygens (including phenoxy) is 1. The molecule has 1 aliphatic heterocycles. The number of carbonyl (C=O) groups excluding carboxylic acids is 1. The van der Waals surface area contributed by atoms with Crippen LogP contribution in [0.5, 0.6) is 0 Å². The molecule has 0 aliphatic carbocycles. The Hall–Kier alpha value is -1.47. The minimum Gasteiger partial charge on any atom is -0.379 e. The maximum atomic E-state index is 11.9. The zero-order valence-corrected chi connectivity index (χ0v) is 16.1. The number of benzene rings is 1. The van der Waals surface area contributed by atoms with Crippen molar-refractivity contribution in [2.24, 2.45) is 4.99 Å². The zero-order valence-electron chi connectivity index (χ0n) is 14.5. The van der Waals surface area contributed by atoms with Crippen molar-refractivity contribution in [1.29, 1.82) is 0 Å². The molecule has 1 fully saturated rings. The molecule has 0 spiro atoms. The third-order valence-electron chi connectivity index (χ3n) is 4.27. The molecular formula is C18H22ClN3O2S. The fourth-order valence-corrected chi connectivity index (χ4v) is 4.05. The van der Waals surface area contributed by atoms with Crippen LogP contribution in [0.25, 0.3) is 0 Å². The number of nitrogens with zero attached hydrogens (tertiary/aromatic N) is 3. The molecule has 0 saturated carbocycles. The van der Waals surface area contributed by atoms with Crippen LogP contribution in [0.3, 0.4) is 0 Å². The second kappa shape index (κ2) is 8.27. The number of rotatable bonds is 5. The number of hydrogen-bond donors (Lipinski definition) is 0. The number of morpholine rings is 1. The van der Waals surface area contributed by atoms with Crippen molar-refractivity contribution in [3.8, 4) is 0 Å². The van der Waals surface area contributed by atoms with Gasteiger partial charge in [0.25, 0.3) is 0 Å². The first kappa shape index (κ1) is 18.3. The maximum Gasteiger partial charge on any atom is 0.190 e. The normalized spacial score (nSPS) is 16.4. The van der Waals surface area contributed by atoms with E-state index in [-0.39, 0.29) is 5.78 Å². The molecule has 0 radical (unpaired) electrons. The first-order valence-electron chi connectivity index (χ1n) is 8.36. The predicted octanol–water partition coefficient (Wildman–Crippen LogP) is 3.28.